The summed E-state index contributed by atoms with van der Waals surface area (Å²) in [5.41, 5.74) is 0. The van der Waals surface area contributed by atoms with E-state index in [9.17, 15) is 4.79 Å². The molecule has 2 N–H and O–H groups in total. The van der Waals surface area contributed by atoms with Crippen LogP contribution in [-0.2, 0) is 9.53 Å². The Balaban J connectivity index is 3.20. The topological polar surface area (TPSA) is 66.8 Å². The summed E-state index contributed by atoms with van der Waals surface area (Å²) in [6, 6.07) is 0. The molecule has 4 nitrogen and oxygen atoms in total. The first-order chi connectivity index (χ1) is 6.66. The smallest absolute Gasteiger partial charge is 0.454 e. The van der Waals surface area contributed by atoms with Gasteiger partial charge in [0.1, 0.15) is 0 Å². The van der Waals surface area contributed by atoms with Gasteiger partial charge in [-0.15, -0.1) is 0 Å². The highest BCUT2D eigenvalue weighted by Gasteiger charge is 2.08. The Hall–Kier alpha value is -0.545. The van der Waals surface area contributed by atoms with Gasteiger partial charge in [-0.1, -0.05) is 26.2 Å². The van der Waals surface area contributed by atoms with Crippen molar-refractivity contribution in [2.24, 2.45) is 0 Å². The molecule has 0 bridgehead atoms. The van der Waals surface area contributed by atoms with E-state index in [2.05, 4.69) is 6.92 Å². The van der Waals surface area contributed by atoms with E-state index in [-0.39, 0.29) is 18.9 Å². The number of carbonyl (C=O) groups excluding carboxylic acids is 1. The lowest BCUT2D eigenvalue weighted by Gasteiger charge is -2.03. The van der Waals surface area contributed by atoms with Gasteiger partial charge in [-0.3, -0.25) is 4.79 Å². The molecule has 0 saturated heterocycles. The van der Waals surface area contributed by atoms with Crippen LogP contribution in [-0.4, -0.2) is 29.7 Å². The molecule has 82 valence electrons. The molecule has 0 rings (SSSR count). The number of ether oxygens (including phenoxy) is 1. The minimum Gasteiger partial charge on any atom is -0.466 e. The molecule has 5 heteroatoms. The molecule has 0 aliphatic rings. The first-order valence-corrected chi connectivity index (χ1v) is 5.18. The molecule has 0 fully saturated rings. The molecule has 0 aromatic heterocycles. The highest BCUT2D eigenvalue weighted by atomic mass is 16.5. The second-order valence-electron chi connectivity index (χ2n) is 3.30. The van der Waals surface area contributed by atoms with E-state index in [0.717, 1.165) is 25.7 Å². The zero-order valence-corrected chi connectivity index (χ0v) is 8.74. The third-order valence-corrected chi connectivity index (χ3v) is 1.87. The predicted molar refractivity (Wildman–Crippen MR) is 54.7 cm³/mol. The Morgan fingerprint density at radius 2 is 2.00 bits per heavy atom. The summed E-state index contributed by atoms with van der Waals surface area (Å²) in [6.45, 7) is 2.20. The van der Waals surface area contributed by atoms with Crippen LogP contribution in [0.5, 0.6) is 0 Å². The maximum atomic E-state index is 11.0. The minimum absolute atomic E-state index is 0.0840. The Morgan fingerprint density at radius 3 is 2.57 bits per heavy atom. The van der Waals surface area contributed by atoms with Crippen LogP contribution in [0.4, 0.5) is 0 Å². The van der Waals surface area contributed by atoms with Gasteiger partial charge in [-0.05, 0) is 6.42 Å². The molecule has 0 aliphatic heterocycles. The highest BCUT2D eigenvalue weighted by Crippen LogP contribution is 2.03. The van der Waals surface area contributed by atoms with Crippen LogP contribution >= 0.6 is 0 Å². The monoisotopic (exact) mass is 202 g/mol. The van der Waals surface area contributed by atoms with Crippen LogP contribution in [0.15, 0.2) is 0 Å². The summed E-state index contributed by atoms with van der Waals surface area (Å²) >= 11 is 0. The summed E-state index contributed by atoms with van der Waals surface area (Å²) in [5.74, 6) is -0.248. The number of hydrogen-bond acceptors (Lipinski definition) is 4. The van der Waals surface area contributed by atoms with Gasteiger partial charge < -0.3 is 14.8 Å². The lowest BCUT2D eigenvalue weighted by molar-refractivity contribution is -0.143. The van der Waals surface area contributed by atoms with E-state index < -0.39 is 7.12 Å². The second kappa shape index (κ2) is 9.03. The van der Waals surface area contributed by atoms with Gasteiger partial charge in [0.2, 0.25) is 0 Å². The fourth-order valence-corrected chi connectivity index (χ4v) is 1.05. The SMILES string of the molecule is CCCCCCC(=O)OCCB(O)O. The lowest BCUT2D eigenvalue weighted by Crippen LogP contribution is -2.15. The molecular weight excluding hydrogens is 183 g/mol. The van der Waals surface area contributed by atoms with Crippen LogP contribution in [0, 0.1) is 0 Å². The van der Waals surface area contributed by atoms with Crippen molar-refractivity contribution in [1.82, 2.24) is 0 Å². The Kier molecular flexibility index (Phi) is 8.68. The van der Waals surface area contributed by atoms with E-state index in [1.807, 2.05) is 0 Å². The fraction of sp³-hybridized carbons (Fsp3) is 0.889. The molecule has 0 aromatic carbocycles. The predicted octanol–water partition coefficient (Wildman–Crippen LogP) is 0.973. The molecule has 0 saturated carbocycles. The van der Waals surface area contributed by atoms with Crippen molar-refractivity contribution >= 4 is 13.1 Å². The van der Waals surface area contributed by atoms with Crippen molar-refractivity contribution in [3.63, 3.8) is 0 Å². The number of esters is 1. The maximum absolute atomic E-state index is 11.0. The van der Waals surface area contributed by atoms with Gasteiger partial charge in [-0.25, -0.2) is 0 Å². The first kappa shape index (κ1) is 13.5. The van der Waals surface area contributed by atoms with Crippen LogP contribution in [0.25, 0.3) is 0 Å². The van der Waals surface area contributed by atoms with Crippen LogP contribution in [0.2, 0.25) is 6.32 Å². The van der Waals surface area contributed by atoms with Crippen molar-refractivity contribution in [1.29, 1.82) is 0 Å². The molecule has 0 aromatic rings. The normalized spacial score (nSPS) is 9.93. The number of hydrogen-bond donors (Lipinski definition) is 2. The van der Waals surface area contributed by atoms with Gasteiger partial charge in [0.25, 0.3) is 0 Å². The van der Waals surface area contributed by atoms with Crippen molar-refractivity contribution in [3.05, 3.63) is 0 Å². The molecule has 0 aliphatic carbocycles. The summed E-state index contributed by atoms with van der Waals surface area (Å²) in [4.78, 5) is 11.0. The molecular formula is C9H19BO4. The number of carbonyl (C=O) groups is 1. The summed E-state index contributed by atoms with van der Waals surface area (Å²) in [5, 5.41) is 17.0. The molecule has 0 heterocycles. The Bertz CT molecular complexity index is 150. The van der Waals surface area contributed by atoms with E-state index >= 15 is 0 Å². The number of rotatable bonds is 8. The molecule has 0 unspecified atom stereocenters. The van der Waals surface area contributed by atoms with Crippen molar-refractivity contribution in [3.8, 4) is 0 Å². The van der Waals surface area contributed by atoms with Crippen molar-refractivity contribution in [2.45, 2.75) is 45.3 Å². The quantitative estimate of drug-likeness (QED) is 0.349. The summed E-state index contributed by atoms with van der Waals surface area (Å²) in [6.07, 6.45) is 4.71. The largest absolute Gasteiger partial charge is 0.466 e. The average molecular weight is 202 g/mol. The lowest BCUT2D eigenvalue weighted by atomic mass is 9.87. The molecule has 0 radical (unpaired) electrons. The van der Waals surface area contributed by atoms with Gasteiger partial charge in [0.15, 0.2) is 0 Å². The molecule has 0 atom stereocenters. The third kappa shape index (κ3) is 9.54. The maximum Gasteiger partial charge on any atom is 0.454 e. The van der Waals surface area contributed by atoms with Crippen LogP contribution < -0.4 is 0 Å². The van der Waals surface area contributed by atoms with Gasteiger partial charge in [0.05, 0.1) is 6.61 Å². The van der Waals surface area contributed by atoms with E-state index in [0.29, 0.717) is 6.42 Å². The first-order valence-electron chi connectivity index (χ1n) is 5.18. The van der Waals surface area contributed by atoms with Crippen LogP contribution in [0.1, 0.15) is 39.0 Å². The van der Waals surface area contributed by atoms with Crippen LogP contribution in [0.3, 0.4) is 0 Å². The Morgan fingerprint density at radius 1 is 1.29 bits per heavy atom. The highest BCUT2D eigenvalue weighted by molar-refractivity contribution is 6.41. The van der Waals surface area contributed by atoms with E-state index in [4.69, 9.17) is 14.8 Å². The van der Waals surface area contributed by atoms with E-state index in [1.165, 1.54) is 0 Å². The fourth-order valence-electron chi connectivity index (χ4n) is 1.05. The zero-order valence-electron chi connectivity index (χ0n) is 8.74. The average Bonchev–Trinajstić information content (AvgIpc) is 2.12. The van der Waals surface area contributed by atoms with Crippen molar-refractivity contribution in [2.75, 3.05) is 6.61 Å². The minimum atomic E-state index is -1.39. The number of unbranched alkanes of at least 4 members (excludes halogenated alkanes) is 3. The molecule has 0 spiro atoms. The molecule has 0 amide bonds. The zero-order chi connectivity index (χ0) is 10.8. The molecule has 14 heavy (non-hydrogen) atoms. The van der Waals surface area contributed by atoms with Crippen molar-refractivity contribution < 1.29 is 19.6 Å². The Labute approximate surface area is 85.4 Å². The second-order valence-corrected chi connectivity index (χ2v) is 3.30. The van der Waals surface area contributed by atoms with Gasteiger partial charge in [-0.2, -0.15) is 0 Å². The van der Waals surface area contributed by atoms with E-state index in [1.54, 1.807) is 0 Å². The summed E-state index contributed by atoms with van der Waals surface area (Å²) in [7, 11) is -1.39. The third-order valence-electron chi connectivity index (χ3n) is 1.87. The van der Waals surface area contributed by atoms with Gasteiger partial charge >= 0.3 is 13.1 Å². The standard InChI is InChI=1S/C9H19BO4/c1-2-3-4-5-6-9(11)14-8-7-10(12)13/h12-13H,2-8H2,1H3. The van der Waals surface area contributed by atoms with Gasteiger partial charge in [0, 0.05) is 12.7 Å². The summed E-state index contributed by atoms with van der Waals surface area (Å²) < 4.78 is 4.77.